The van der Waals surface area contributed by atoms with E-state index in [1.54, 1.807) is 19.9 Å². The molecule has 0 bridgehead atoms. The molecule has 1 amide bonds. The second-order valence-electron chi connectivity index (χ2n) is 9.51. The van der Waals surface area contributed by atoms with Gasteiger partial charge in [0.2, 0.25) is 21.9 Å². The third-order valence-electron chi connectivity index (χ3n) is 6.33. The van der Waals surface area contributed by atoms with Crippen molar-refractivity contribution in [2.75, 3.05) is 23.1 Å². The molecule has 0 aliphatic carbocycles. The summed E-state index contributed by atoms with van der Waals surface area (Å²) < 4.78 is 54.9. The second-order valence-corrected chi connectivity index (χ2v) is 13.2. The highest BCUT2D eigenvalue weighted by Crippen LogP contribution is 2.24. The van der Waals surface area contributed by atoms with E-state index in [-0.39, 0.29) is 41.5 Å². The van der Waals surface area contributed by atoms with Crippen molar-refractivity contribution in [1.82, 2.24) is 14.3 Å². The first-order valence-corrected chi connectivity index (χ1v) is 15.3. The van der Waals surface area contributed by atoms with Crippen molar-refractivity contribution in [2.24, 2.45) is 5.92 Å². The lowest BCUT2D eigenvalue weighted by Gasteiger charge is -2.30. The minimum atomic E-state index is -3.91. The number of amides is 1. The van der Waals surface area contributed by atoms with Gasteiger partial charge in [-0.3, -0.25) is 4.79 Å². The summed E-state index contributed by atoms with van der Waals surface area (Å²) >= 11 is 0. The van der Waals surface area contributed by atoms with Crippen molar-refractivity contribution >= 4 is 37.6 Å². The zero-order valence-corrected chi connectivity index (χ0v) is 23.1. The summed E-state index contributed by atoms with van der Waals surface area (Å²) in [5.74, 6) is -0.637. The van der Waals surface area contributed by atoms with Gasteiger partial charge in [-0.15, -0.1) is 0 Å². The van der Waals surface area contributed by atoms with Crippen molar-refractivity contribution in [3.63, 3.8) is 0 Å². The van der Waals surface area contributed by atoms with Gasteiger partial charge in [0.25, 0.3) is 10.0 Å². The van der Waals surface area contributed by atoms with Crippen LogP contribution in [-0.4, -0.2) is 50.1 Å². The molecule has 0 spiro atoms. The van der Waals surface area contributed by atoms with Crippen LogP contribution >= 0.6 is 0 Å². The molecule has 0 unspecified atom stereocenters. The minimum Gasteiger partial charge on any atom is -0.326 e. The van der Waals surface area contributed by atoms with Gasteiger partial charge in [0.05, 0.1) is 10.6 Å². The molecule has 4 rings (SSSR count). The standard InChI is InChI=1S/C26H31N5O5S2/c1-18-4-6-21(7-5-18)17-37(33,34)31-14-12-22(13-15-31)25(32)29-23-8-10-24(11-9-23)38(35,36)30-26-27-19(2)16-20(3)28-26/h4-11,16,22H,12-15,17H2,1-3H3,(H,29,32)(H,27,28,30). The molecule has 1 fully saturated rings. The molecule has 3 aromatic rings. The van der Waals surface area contributed by atoms with E-state index in [0.29, 0.717) is 29.9 Å². The van der Waals surface area contributed by atoms with Crippen LogP contribution in [0, 0.1) is 26.7 Å². The summed E-state index contributed by atoms with van der Waals surface area (Å²) in [5.41, 5.74) is 3.53. The Labute approximate surface area is 223 Å². The summed E-state index contributed by atoms with van der Waals surface area (Å²) in [5, 5.41) is 2.81. The Morgan fingerprint density at radius 2 is 1.47 bits per heavy atom. The smallest absolute Gasteiger partial charge is 0.264 e. The van der Waals surface area contributed by atoms with Crippen LogP contribution in [0.1, 0.15) is 35.4 Å². The van der Waals surface area contributed by atoms with E-state index in [9.17, 15) is 21.6 Å². The molecule has 0 saturated carbocycles. The number of hydrogen-bond acceptors (Lipinski definition) is 7. The van der Waals surface area contributed by atoms with Gasteiger partial charge < -0.3 is 5.32 Å². The number of benzene rings is 2. The van der Waals surface area contributed by atoms with E-state index in [4.69, 9.17) is 0 Å². The zero-order valence-electron chi connectivity index (χ0n) is 21.5. The van der Waals surface area contributed by atoms with E-state index >= 15 is 0 Å². The second kappa shape index (κ2) is 11.2. The van der Waals surface area contributed by atoms with E-state index in [0.717, 1.165) is 11.1 Å². The molecule has 10 nitrogen and oxygen atoms in total. The number of aryl methyl sites for hydroxylation is 3. The highest BCUT2D eigenvalue weighted by atomic mass is 32.2. The molecular weight excluding hydrogens is 526 g/mol. The number of nitrogens with one attached hydrogen (secondary N) is 2. The summed E-state index contributed by atoms with van der Waals surface area (Å²) in [6.07, 6.45) is 0.816. The monoisotopic (exact) mass is 557 g/mol. The van der Waals surface area contributed by atoms with Crippen LogP contribution in [0.25, 0.3) is 0 Å². The van der Waals surface area contributed by atoms with Crippen molar-refractivity contribution in [2.45, 2.75) is 44.3 Å². The highest BCUT2D eigenvalue weighted by Gasteiger charge is 2.31. The molecule has 202 valence electrons. The number of carbonyl (C=O) groups excluding carboxylic acids is 1. The van der Waals surface area contributed by atoms with E-state index in [1.807, 2.05) is 31.2 Å². The van der Waals surface area contributed by atoms with Crippen LogP contribution in [0.4, 0.5) is 11.6 Å². The summed E-state index contributed by atoms with van der Waals surface area (Å²) in [4.78, 5) is 21.0. The molecular formula is C26H31N5O5S2. The molecule has 1 aliphatic heterocycles. The minimum absolute atomic E-state index is 0.00495. The van der Waals surface area contributed by atoms with Gasteiger partial charge in [0.15, 0.2) is 0 Å². The number of anilines is 2. The van der Waals surface area contributed by atoms with Crippen LogP contribution < -0.4 is 10.0 Å². The lowest BCUT2D eigenvalue weighted by molar-refractivity contribution is -0.120. The highest BCUT2D eigenvalue weighted by molar-refractivity contribution is 7.92. The first-order chi connectivity index (χ1) is 17.9. The van der Waals surface area contributed by atoms with Gasteiger partial charge in [-0.2, -0.15) is 0 Å². The number of aromatic nitrogens is 2. The fourth-order valence-electron chi connectivity index (χ4n) is 4.29. The van der Waals surface area contributed by atoms with Gasteiger partial charge in [0.1, 0.15) is 0 Å². The van der Waals surface area contributed by atoms with Crippen molar-refractivity contribution in [3.05, 3.63) is 77.1 Å². The maximum absolute atomic E-state index is 12.8. The predicted molar refractivity (Wildman–Crippen MR) is 145 cm³/mol. The fraction of sp³-hybridized carbons (Fsp3) is 0.346. The zero-order chi connectivity index (χ0) is 27.5. The number of carbonyl (C=O) groups is 1. The maximum atomic E-state index is 12.8. The first kappa shape index (κ1) is 27.7. The third-order valence-corrected chi connectivity index (χ3v) is 9.52. The molecule has 2 aromatic carbocycles. The molecule has 38 heavy (non-hydrogen) atoms. The SMILES string of the molecule is Cc1ccc(CS(=O)(=O)N2CCC(C(=O)Nc3ccc(S(=O)(=O)Nc4nc(C)cc(C)n4)cc3)CC2)cc1. The maximum Gasteiger partial charge on any atom is 0.264 e. The molecule has 2 heterocycles. The van der Waals surface area contributed by atoms with Gasteiger partial charge >= 0.3 is 0 Å². The fourth-order valence-corrected chi connectivity index (χ4v) is 6.80. The van der Waals surface area contributed by atoms with Crippen LogP contribution in [0.15, 0.2) is 59.5 Å². The average Bonchev–Trinajstić information content (AvgIpc) is 2.85. The van der Waals surface area contributed by atoms with E-state index < -0.39 is 20.0 Å². The van der Waals surface area contributed by atoms with E-state index in [1.165, 1.54) is 28.6 Å². The number of sulfonamides is 2. The molecule has 0 atom stereocenters. The van der Waals surface area contributed by atoms with Gasteiger partial charge in [-0.1, -0.05) is 29.8 Å². The Kier molecular flexibility index (Phi) is 8.14. The predicted octanol–water partition coefficient (Wildman–Crippen LogP) is 3.38. The Bertz CT molecular complexity index is 1490. The number of piperidine rings is 1. The molecule has 12 heteroatoms. The normalized spacial score (nSPS) is 15.2. The summed E-state index contributed by atoms with van der Waals surface area (Å²) in [6, 6.07) is 14.9. The number of rotatable bonds is 8. The molecule has 2 N–H and O–H groups in total. The Hall–Kier alpha value is -3.35. The topological polar surface area (TPSA) is 138 Å². The molecule has 0 radical (unpaired) electrons. The van der Waals surface area contributed by atoms with Gasteiger partial charge in [0, 0.05) is 36.1 Å². The lowest BCUT2D eigenvalue weighted by Crippen LogP contribution is -2.41. The largest absolute Gasteiger partial charge is 0.326 e. The quantitative estimate of drug-likeness (QED) is 0.433. The van der Waals surface area contributed by atoms with Crippen LogP contribution in [-0.2, 0) is 30.6 Å². The van der Waals surface area contributed by atoms with Gasteiger partial charge in [-0.05, 0) is 69.5 Å². The first-order valence-electron chi connectivity index (χ1n) is 12.2. The van der Waals surface area contributed by atoms with Crippen LogP contribution in [0.3, 0.4) is 0 Å². The Morgan fingerprint density at radius 3 is 2.05 bits per heavy atom. The number of nitrogens with zero attached hydrogens (tertiary/aromatic N) is 3. The molecule has 1 saturated heterocycles. The molecule has 1 aromatic heterocycles. The Balaban J connectivity index is 1.32. The van der Waals surface area contributed by atoms with Crippen molar-refractivity contribution < 1.29 is 21.6 Å². The third kappa shape index (κ3) is 6.94. The van der Waals surface area contributed by atoms with Crippen molar-refractivity contribution in [3.8, 4) is 0 Å². The van der Waals surface area contributed by atoms with Crippen molar-refractivity contribution in [1.29, 1.82) is 0 Å². The van der Waals surface area contributed by atoms with Gasteiger partial charge in [-0.25, -0.2) is 35.8 Å². The Morgan fingerprint density at radius 1 is 0.895 bits per heavy atom. The summed E-state index contributed by atoms with van der Waals surface area (Å²) in [6.45, 7) is 5.99. The average molecular weight is 558 g/mol. The van der Waals surface area contributed by atoms with Crippen LogP contribution in [0.5, 0.6) is 0 Å². The summed E-state index contributed by atoms with van der Waals surface area (Å²) in [7, 11) is -7.38. The number of hydrogen-bond donors (Lipinski definition) is 2. The molecule has 1 aliphatic rings. The van der Waals surface area contributed by atoms with E-state index in [2.05, 4.69) is 20.0 Å². The lowest BCUT2D eigenvalue weighted by atomic mass is 9.97. The van der Waals surface area contributed by atoms with Crippen LogP contribution in [0.2, 0.25) is 0 Å².